The number of hydrogen-bond donors (Lipinski definition) is 1. The Morgan fingerprint density at radius 2 is 2.29 bits per heavy atom. The van der Waals surface area contributed by atoms with Crippen LogP contribution in [-0.4, -0.2) is 42.4 Å². The Bertz CT molecular complexity index is 476. The first-order valence-corrected chi connectivity index (χ1v) is 9.18. The molecule has 3 atom stereocenters. The molecular weight excluding hydrogens is 282 g/mol. The molecule has 1 aromatic carbocycles. The molecule has 114 valence electrons. The maximum Gasteiger partial charge on any atom is 0.123 e. The van der Waals surface area contributed by atoms with Crippen LogP contribution in [0.2, 0.25) is 0 Å². The highest BCUT2D eigenvalue weighted by Crippen LogP contribution is 2.38. The van der Waals surface area contributed by atoms with E-state index in [2.05, 4.69) is 29.6 Å². The van der Waals surface area contributed by atoms with E-state index in [1.165, 1.54) is 29.9 Å². The third-order valence-corrected chi connectivity index (χ3v) is 6.13. The lowest BCUT2D eigenvalue weighted by atomic mass is 9.90. The Kier molecular flexibility index (Phi) is 3.86. The highest BCUT2D eigenvalue weighted by atomic mass is 32.2. The van der Waals surface area contributed by atoms with Crippen molar-refractivity contribution >= 4 is 11.8 Å². The Labute approximate surface area is 130 Å². The van der Waals surface area contributed by atoms with Gasteiger partial charge in [0.2, 0.25) is 0 Å². The standard InChI is InChI=1S/C17H23NO2S/c1-2-4-16-13(3-1)9-15(20-16)11-18-14-5-7-19-17(10-14)6-8-21-12-17/h1-4,14-15,18H,5-12H2. The van der Waals surface area contributed by atoms with Gasteiger partial charge in [0.15, 0.2) is 0 Å². The van der Waals surface area contributed by atoms with Crippen LogP contribution >= 0.6 is 11.8 Å². The molecule has 3 nitrogen and oxygen atoms in total. The first-order valence-electron chi connectivity index (χ1n) is 8.03. The predicted octanol–water partition coefficient (Wildman–Crippen LogP) is 2.63. The smallest absolute Gasteiger partial charge is 0.123 e. The van der Waals surface area contributed by atoms with Crippen molar-refractivity contribution in [3.8, 4) is 5.75 Å². The van der Waals surface area contributed by atoms with E-state index in [0.29, 0.717) is 12.1 Å². The van der Waals surface area contributed by atoms with Gasteiger partial charge in [0.05, 0.1) is 5.60 Å². The summed E-state index contributed by atoms with van der Waals surface area (Å²) in [5.41, 5.74) is 1.51. The fraction of sp³-hybridized carbons (Fsp3) is 0.647. The van der Waals surface area contributed by atoms with E-state index in [9.17, 15) is 0 Å². The van der Waals surface area contributed by atoms with Gasteiger partial charge in [-0.25, -0.2) is 0 Å². The van der Waals surface area contributed by atoms with Crippen molar-refractivity contribution < 1.29 is 9.47 Å². The molecule has 0 aromatic heterocycles. The van der Waals surface area contributed by atoms with Gasteiger partial charge in [-0.05, 0) is 36.6 Å². The van der Waals surface area contributed by atoms with Crippen LogP contribution in [0.25, 0.3) is 0 Å². The Balaban J connectivity index is 1.30. The van der Waals surface area contributed by atoms with E-state index in [-0.39, 0.29) is 5.60 Å². The van der Waals surface area contributed by atoms with E-state index in [1.807, 2.05) is 11.8 Å². The molecule has 4 rings (SSSR count). The second kappa shape index (κ2) is 5.82. The molecule has 0 amide bonds. The Morgan fingerprint density at radius 3 is 3.14 bits per heavy atom. The summed E-state index contributed by atoms with van der Waals surface area (Å²) >= 11 is 2.04. The van der Waals surface area contributed by atoms with E-state index >= 15 is 0 Å². The number of thioether (sulfide) groups is 1. The van der Waals surface area contributed by atoms with Crippen molar-refractivity contribution in [1.29, 1.82) is 0 Å². The quantitative estimate of drug-likeness (QED) is 0.930. The molecule has 3 unspecified atom stereocenters. The topological polar surface area (TPSA) is 30.5 Å². The van der Waals surface area contributed by atoms with Crippen LogP contribution in [0.4, 0.5) is 0 Å². The lowest BCUT2D eigenvalue weighted by Gasteiger charge is -2.38. The first kappa shape index (κ1) is 13.9. The summed E-state index contributed by atoms with van der Waals surface area (Å²) in [7, 11) is 0. The average molecular weight is 305 g/mol. The minimum Gasteiger partial charge on any atom is -0.488 e. The number of benzene rings is 1. The first-order chi connectivity index (χ1) is 10.3. The van der Waals surface area contributed by atoms with Gasteiger partial charge in [0.25, 0.3) is 0 Å². The molecule has 3 heterocycles. The van der Waals surface area contributed by atoms with E-state index < -0.39 is 0 Å². The molecule has 1 spiro atoms. The summed E-state index contributed by atoms with van der Waals surface area (Å²) in [6.07, 6.45) is 4.85. The van der Waals surface area contributed by atoms with Crippen LogP contribution in [0.5, 0.6) is 5.75 Å². The minimum atomic E-state index is 0.167. The number of rotatable bonds is 3. The van der Waals surface area contributed by atoms with Gasteiger partial charge < -0.3 is 14.8 Å². The highest BCUT2D eigenvalue weighted by molar-refractivity contribution is 7.99. The molecule has 1 N–H and O–H groups in total. The lowest BCUT2D eigenvalue weighted by molar-refractivity contribution is -0.0707. The largest absolute Gasteiger partial charge is 0.488 e. The van der Waals surface area contributed by atoms with E-state index in [0.717, 1.165) is 31.7 Å². The summed E-state index contributed by atoms with van der Waals surface area (Å²) < 4.78 is 12.1. The van der Waals surface area contributed by atoms with Crippen molar-refractivity contribution in [2.24, 2.45) is 0 Å². The molecule has 0 aliphatic carbocycles. The van der Waals surface area contributed by atoms with Crippen LogP contribution < -0.4 is 10.1 Å². The zero-order valence-electron chi connectivity index (χ0n) is 12.3. The van der Waals surface area contributed by atoms with Crippen molar-refractivity contribution in [2.75, 3.05) is 24.7 Å². The number of para-hydroxylation sites is 1. The van der Waals surface area contributed by atoms with Gasteiger partial charge >= 0.3 is 0 Å². The molecule has 1 aromatic rings. The molecular formula is C17H23NO2S. The average Bonchev–Trinajstić information content (AvgIpc) is 3.12. The number of fused-ring (bicyclic) bond motifs is 1. The minimum absolute atomic E-state index is 0.167. The molecule has 0 radical (unpaired) electrons. The molecule has 3 aliphatic rings. The van der Waals surface area contributed by atoms with Crippen molar-refractivity contribution in [3.63, 3.8) is 0 Å². The molecule has 0 bridgehead atoms. The second-order valence-corrected chi connectivity index (χ2v) is 7.59. The zero-order chi connectivity index (χ0) is 14.1. The fourth-order valence-electron chi connectivity index (χ4n) is 3.73. The molecule has 3 aliphatic heterocycles. The molecule has 21 heavy (non-hydrogen) atoms. The van der Waals surface area contributed by atoms with Gasteiger partial charge in [-0.3, -0.25) is 0 Å². The van der Waals surface area contributed by atoms with Crippen LogP contribution in [0.3, 0.4) is 0 Å². The number of nitrogens with one attached hydrogen (secondary N) is 1. The highest BCUT2D eigenvalue weighted by Gasteiger charge is 2.40. The summed E-state index contributed by atoms with van der Waals surface area (Å²) in [4.78, 5) is 0. The van der Waals surface area contributed by atoms with Gasteiger partial charge in [0.1, 0.15) is 11.9 Å². The zero-order valence-corrected chi connectivity index (χ0v) is 13.2. The van der Waals surface area contributed by atoms with Gasteiger partial charge in [-0.15, -0.1) is 0 Å². The van der Waals surface area contributed by atoms with Crippen LogP contribution in [0.15, 0.2) is 24.3 Å². The van der Waals surface area contributed by atoms with E-state index in [1.54, 1.807) is 0 Å². The molecule has 2 fully saturated rings. The lowest BCUT2D eigenvalue weighted by Crippen LogP contribution is -2.49. The van der Waals surface area contributed by atoms with Crippen LogP contribution in [0.1, 0.15) is 24.8 Å². The Hall–Kier alpha value is -0.710. The number of hydrogen-bond acceptors (Lipinski definition) is 4. The third kappa shape index (κ3) is 2.94. The fourth-order valence-corrected chi connectivity index (χ4v) is 5.11. The SMILES string of the molecule is c1ccc2c(c1)CC(CNC1CCOC3(CCSC3)C1)O2. The third-order valence-electron chi connectivity index (χ3n) is 4.91. The van der Waals surface area contributed by atoms with Crippen molar-refractivity contribution in [1.82, 2.24) is 5.32 Å². The molecule has 2 saturated heterocycles. The Morgan fingerprint density at radius 1 is 1.33 bits per heavy atom. The normalized spacial score (nSPS) is 34.9. The van der Waals surface area contributed by atoms with E-state index in [4.69, 9.17) is 9.47 Å². The maximum absolute atomic E-state index is 6.09. The van der Waals surface area contributed by atoms with Crippen molar-refractivity contribution in [2.45, 2.75) is 43.4 Å². The van der Waals surface area contributed by atoms with Crippen LogP contribution in [0, 0.1) is 0 Å². The summed E-state index contributed by atoms with van der Waals surface area (Å²) in [5, 5.41) is 3.74. The van der Waals surface area contributed by atoms with Gasteiger partial charge in [-0.1, -0.05) is 18.2 Å². The van der Waals surface area contributed by atoms with Crippen molar-refractivity contribution in [3.05, 3.63) is 29.8 Å². The summed E-state index contributed by atoms with van der Waals surface area (Å²) in [6, 6.07) is 8.99. The van der Waals surface area contributed by atoms with Gasteiger partial charge in [-0.2, -0.15) is 11.8 Å². The second-order valence-electron chi connectivity index (χ2n) is 6.48. The van der Waals surface area contributed by atoms with Gasteiger partial charge in [0, 0.05) is 31.4 Å². The molecule has 0 saturated carbocycles. The van der Waals surface area contributed by atoms with Crippen LogP contribution in [-0.2, 0) is 11.2 Å². The monoisotopic (exact) mass is 305 g/mol. The number of ether oxygens (including phenoxy) is 2. The summed E-state index contributed by atoms with van der Waals surface area (Å²) in [6.45, 7) is 1.85. The predicted molar refractivity (Wildman–Crippen MR) is 86.2 cm³/mol. The molecule has 4 heteroatoms. The summed E-state index contributed by atoms with van der Waals surface area (Å²) in [5.74, 6) is 3.50. The maximum atomic E-state index is 6.09.